The lowest BCUT2D eigenvalue weighted by Crippen LogP contribution is -2.35. The molecule has 0 bridgehead atoms. The van der Waals surface area contributed by atoms with Crippen molar-refractivity contribution in [1.29, 1.82) is 0 Å². The molecule has 0 N–H and O–H groups in total. The Morgan fingerprint density at radius 3 is 2.65 bits per heavy atom. The quantitative estimate of drug-likeness (QED) is 0.438. The van der Waals surface area contributed by atoms with Gasteiger partial charge in [-0.1, -0.05) is 6.07 Å². The first-order valence-corrected chi connectivity index (χ1v) is 10.7. The minimum Gasteiger partial charge on any atom is -0.365 e. The molecule has 9 nitrogen and oxygen atoms in total. The third-order valence-electron chi connectivity index (χ3n) is 5.23. The standard InChI is InChI=1S/C18H16F3N5O4S/c19-18(20,21)31(29,30)13-6-7-14(15(10-13)26(27)28)24-8-3-4-12(11-24)17-23-22-16-5-1-2-9-25(16)17/h1-2,5-7,9-10,12H,3-4,8,11H2. The molecule has 1 fully saturated rings. The number of fused-ring (bicyclic) bond motifs is 1. The molecule has 164 valence electrons. The van der Waals surface area contributed by atoms with Crippen LogP contribution in [0.1, 0.15) is 24.6 Å². The van der Waals surface area contributed by atoms with Crippen molar-refractivity contribution in [3.63, 3.8) is 0 Å². The van der Waals surface area contributed by atoms with Gasteiger partial charge in [-0.25, -0.2) is 8.42 Å². The first kappa shape index (κ1) is 21.0. The van der Waals surface area contributed by atoms with Crippen LogP contribution in [0.25, 0.3) is 5.65 Å². The van der Waals surface area contributed by atoms with E-state index in [1.165, 1.54) is 0 Å². The molecule has 3 aromatic rings. The SMILES string of the molecule is O=[N+]([O-])c1cc(S(=O)(=O)C(F)(F)F)ccc1N1CCCC(c2nnc3ccccn23)C1. The predicted octanol–water partition coefficient (Wildman–Crippen LogP) is 3.32. The van der Waals surface area contributed by atoms with Crippen LogP contribution in [0.3, 0.4) is 0 Å². The highest BCUT2D eigenvalue weighted by atomic mass is 32.2. The maximum atomic E-state index is 12.9. The van der Waals surface area contributed by atoms with E-state index >= 15 is 0 Å². The van der Waals surface area contributed by atoms with Crippen molar-refractivity contribution in [3.05, 3.63) is 58.5 Å². The van der Waals surface area contributed by atoms with Gasteiger partial charge in [0.25, 0.3) is 15.5 Å². The molecule has 1 atom stereocenters. The molecule has 0 amide bonds. The van der Waals surface area contributed by atoms with Crippen LogP contribution in [-0.4, -0.2) is 46.5 Å². The predicted molar refractivity (Wildman–Crippen MR) is 104 cm³/mol. The molecule has 1 unspecified atom stereocenters. The zero-order valence-corrected chi connectivity index (χ0v) is 16.7. The fourth-order valence-electron chi connectivity index (χ4n) is 3.76. The number of nitrogens with zero attached hydrogens (tertiary/aromatic N) is 5. The molecule has 13 heteroatoms. The van der Waals surface area contributed by atoms with Crippen LogP contribution in [0, 0.1) is 10.1 Å². The van der Waals surface area contributed by atoms with Crippen LogP contribution >= 0.6 is 0 Å². The third kappa shape index (κ3) is 3.69. The van der Waals surface area contributed by atoms with Gasteiger partial charge >= 0.3 is 5.51 Å². The number of rotatable bonds is 4. The number of sulfone groups is 1. The van der Waals surface area contributed by atoms with Gasteiger partial charge in [-0.15, -0.1) is 10.2 Å². The van der Waals surface area contributed by atoms with E-state index in [-0.39, 0.29) is 11.6 Å². The summed E-state index contributed by atoms with van der Waals surface area (Å²) in [6, 6.07) is 7.71. The van der Waals surface area contributed by atoms with Gasteiger partial charge in [0, 0.05) is 31.3 Å². The molecule has 1 aromatic carbocycles. The Morgan fingerprint density at radius 1 is 1.16 bits per heavy atom. The molecule has 0 radical (unpaired) electrons. The summed E-state index contributed by atoms with van der Waals surface area (Å²) in [7, 11) is -5.70. The molecule has 1 aliphatic heterocycles. The van der Waals surface area contributed by atoms with Gasteiger partial charge in [-0.05, 0) is 37.1 Å². The van der Waals surface area contributed by atoms with E-state index in [0.717, 1.165) is 18.6 Å². The number of halogens is 3. The molecule has 4 rings (SSSR count). The summed E-state index contributed by atoms with van der Waals surface area (Å²) in [6.45, 7) is 0.751. The molecule has 1 aliphatic rings. The molecule has 0 spiro atoms. The van der Waals surface area contributed by atoms with Crippen LogP contribution in [0.15, 0.2) is 47.5 Å². The maximum Gasteiger partial charge on any atom is 0.501 e. The molecule has 3 heterocycles. The number of alkyl halides is 3. The zero-order chi connectivity index (χ0) is 22.4. The summed E-state index contributed by atoms with van der Waals surface area (Å²) >= 11 is 0. The number of hydrogen-bond acceptors (Lipinski definition) is 7. The van der Waals surface area contributed by atoms with Crippen LogP contribution in [0.4, 0.5) is 24.5 Å². The van der Waals surface area contributed by atoms with Crippen molar-refractivity contribution in [2.45, 2.75) is 29.2 Å². The number of pyridine rings is 1. The second kappa shape index (κ2) is 7.48. The summed E-state index contributed by atoms with van der Waals surface area (Å²) in [5.74, 6) is 0.559. The van der Waals surface area contributed by atoms with Crippen molar-refractivity contribution >= 4 is 26.9 Å². The number of benzene rings is 1. The first-order valence-electron chi connectivity index (χ1n) is 9.24. The van der Waals surface area contributed by atoms with E-state index in [1.807, 2.05) is 22.7 Å². The van der Waals surface area contributed by atoms with E-state index in [4.69, 9.17) is 0 Å². The van der Waals surface area contributed by atoms with Crippen LogP contribution < -0.4 is 4.90 Å². The average molecular weight is 455 g/mol. The number of nitro benzene ring substituents is 1. The fraction of sp³-hybridized carbons (Fsp3) is 0.333. The van der Waals surface area contributed by atoms with Crippen molar-refractivity contribution in [2.24, 2.45) is 0 Å². The molecule has 0 aliphatic carbocycles. The Labute approximate surface area is 174 Å². The highest BCUT2D eigenvalue weighted by Crippen LogP contribution is 2.38. The Bertz CT molecular complexity index is 1260. The van der Waals surface area contributed by atoms with E-state index in [9.17, 15) is 31.7 Å². The van der Waals surface area contributed by atoms with Gasteiger partial charge in [0.05, 0.1) is 9.82 Å². The smallest absolute Gasteiger partial charge is 0.365 e. The summed E-state index contributed by atoms with van der Waals surface area (Å²) in [4.78, 5) is 11.2. The maximum absolute atomic E-state index is 12.9. The monoisotopic (exact) mass is 455 g/mol. The minimum absolute atomic E-state index is 0.0599. The van der Waals surface area contributed by atoms with Crippen molar-refractivity contribution < 1.29 is 26.5 Å². The summed E-state index contributed by atoms with van der Waals surface area (Å²) in [6.07, 6.45) is 3.22. The van der Waals surface area contributed by atoms with E-state index in [0.29, 0.717) is 37.0 Å². The molecule has 31 heavy (non-hydrogen) atoms. The van der Waals surface area contributed by atoms with Gasteiger partial charge in [-0.3, -0.25) is 14.5 Å². The Morgan fingerprint density at radius 2 is 1.94 bits per heavy atom. The van der Waals surface area contributed by atoms with E-state index in [1.54, 1.807) is 11.0 Å². The lowest BCUT2D eigenvalue weighted by atomic mass is 9.96. The second-order valence-corrected chi connectivity index (χ2v) is 9.07. The van der Waals surface area contributed by atoms with Gasteiger partial charge in [0.1, 0.15) is 11.5 Å². The van der Waals surface area contributed by atoms with Crippen LogP contribution in [0.5, 0.6) is 0 Å². The number of piperidine rings is 1. The fourth-order valence-corrected chi connectivity index (χ4v) is 4.54. The number of nitro groups is 1. The van der Waals surface area contributed by atoms with Gasteiger partial charge in [-0.2, -0.15) is 13.2 Å². The zero-order valence-electron chi connectivity index (χ0n) is 15.9. The molecule has 0 saturated carbocycles. The lowest BCUT2D eigenvalue weighted by Gasteiger charge is -2.33. The van der Waals surface area contributed by atoms with E-state index in [2.05, 4.69) is 10.2 Å². The first-order chi connectivity index (χ1) is 14.6. The molecule has 1 saturated heterocycles. The highest BCUT2D eigenvalue weighted by Gasteiger charge is 2.47. The van der Waals surface area contributed by atoms with E-state index < -0.39 is 30.9 Å². The van der Waals surface area contributed by atoms with Gasteiger partial charge in [0.15, 0.2) is 5.65 Å². The second-order valence-electron chi connectivity index (χ2n) is 7.13. The number of hydrogen-bond donors (Lipinski definition) is 0. The molecular weight excluding hydrogens is 439 g/mol. The molecule has 2 aromatic heterocycles. The Balaban J connectivity index is 1.69. The number of aromatic nitrogens is 3. The lowest BCUT2D eigenvalue weighted by molar-refractivity contribution is -0.384. The summed E-state index contributed by atoms with van der Waals surface area (Å²) < 4.78 is 63.7. The van der Waals surface area contributed by atoms with Crippen LogP contribution in [-0.2, 0) is 9.84 Å². The van der Waals surface area contributed by atoms with Crippen molar-refractivity contribution in [2.75, 3.05) is 18.0 Å². The van der Waals surface area contributed by atoms with Crippen LogP contribution in [0.2, 0.25) is 0 Å². The highest BCUT2D eigenvalue weighted by molar-refractivity contribution is 7.92. The Hall–Kier alpha value is -3.22. The molecular formula is C18H16F3N5O4S. The minimum atomic E-state index is -5.70. The third-order valence-corrected chi connectivity index (χ3v) is 6.71. The normalized spacial score (nSPS) is 17.8. The summed E-state index contributed by atoms with van der Waals surface area (Å²) in [5, 5.41) is 19.9. The van der Waals surface area contributed by atoms with Gasteiger partial charge in [0.2, 0.25) is 0 Å². The largest absolute Gasteiger partial charge is 0.501 e. The van der Waals surface area contributed by atoms with Gasteiger partial charge < -0.3 is 4.90 Å². The summed E-state index contributed by atoms with van der Waals surface area (Å²) in [5.41, 5.74) is -5.53. The van der Waals surface area contributed by atoms with Crippen molar-refractivity contribution in [1.82, 2.24) is 14.6 Å². The average Bonchev–Trinajstić information content (AvgIpc) is 3.17. The Kier molecular flexibility index (Phi) is 5.07. The number of anilines is 1. The van der Waals surface area contributed by atoms with Crippen molar-refractivity contribution in [3.8, 4) is 0 Å². The topological polar surface area (TPSA) is 111 Å².